The Morgan fingerprint density at radius 1 is 1.37 bits per heavy atom. The average molecular weight is 263 g/mol. The maximum Gasteiger partial charge on any atom is 0.335 e. The molecule has 1 unspecified atom stereocenters. The zero-order valence-electron chi connectivity index (χ0n) is 10.6. The molecular formula is C14H17NO4. The fraction of sp³-hybridized carbons (Fsp3) is 0.429. The molecule has 0 aliphatic heterocycles. The third kappa shape index (κ3) is 3.12. The van der Waals surface area contributed by atoms with Gasteiger partial charge in [-0.3, -0.25) is 4.79 Å². The van der Waals surface area contributed by atoms with E-state index in [0.717, 1.165) is 30.4 Å². The fourth-order valence-electron chi connectivity index (χ4n) is 2.54. The normalized spacial score (nSPS) is 17.6. The van der Waals surface area contributed by atoms with Crippen LogP contribution in [-0.4, -0.2) is 35.2 Å². The summed E-state index contributed by atoms with van der Waals surface area (Å²) in [5.74, 6) is -1.22. The summed E-state index contributed by atoms with van der Waals surface area (Å²) in [6.07, 6.45) is 2.89. The number of rotatable bonds is 4. The minimum atomic E-state index is -0.938. The van der Waals surface area contributed by atoms with E-state index >= 15 is 0 Å². The van der Waals surface area contributed by atoms with Crippen molar-refractivity contribution in [1.29, 1.82) is 0 Å². The molecule has 102 valence electrons. The van der Waals surface area contributed by atoms with E-state index in [1.807, 2.05) is 6.07 Å². The van der Waals surface area contributed by atoms with E-state index in [1.54, 1.807) is 12.1 Å². The van der Waals surface area contributed by atoms with Crippen LogP contribution < -0.4 is 5.32 Å². The highest BCUT2D eigenvalue weighted by Crippen LogP contribution is 2.31. The van der Waals surface area contributed by atoms with E-state index in [2.05, 4.69) is 5.32 Å². The Morgan fingerprint density at radius 3 is 2.84 bits per heavy atom. The lowest BCUT2D eigenvalue weighted by molar-refractivity contribution is -0.123. The van der Waals surface area contributed by atoms with Crippen molar-refractivity contribution in [3.8, 4) is 0 Å². The van der Waals surface area contributed by atoms with Gasteiger partial charge >= 0.3 is 5.97 Å². The first-order valence-corrected chi connectivity index (χ1v) is 6.35. The summed E-state index contributed by atoms with van der Waals surface area (Å²) in [5.41, 5.74) is 2.43. The molecule has 1 aromatic carbocycles. The first-order valence-electron chi connectivity index (χ1n) is 6.35. The van der Waals surface area contributed by atoms with E-state index < -0.39 is 18.5 Å². The Kier molecular flexibility index (Phi) is 4.16. The van der Waals surface area contributed by atoms with Crippen LogP contribution in [0.3, 0.4) is 0 Å². The van der Waals surface area contributed by atoms with Crippen molar-refractivity contribution in [3.63, 3.8) is 0 Å². The SMILES string of the molecule is O=C(CO)NCC1CCCc2ccc(C(=O)O)cc21. The topological polar surface area (TPSA) is 86.6 Å². The highest BCUT2D eigenvalue weighted by Gasteiger charge is 2.21. The smallest absolute Gasteiger partial charge is 0.335 e. The van der Waals surface area contributed by atoms with Gasteiger partial charge in [-0.2, -0.15) is 0 Å². The maximum atomic E-state index is 11.1. The Labute approximate surface area is 111 Å². The monoisotopic (exact) mass is 263 g/mol. The van der Waals surface area contributed by atoms with Crippen LogP contribution >= 0.6 is 0 Å². The van der Waals surface area contributed by atoms with E-state index in [4.69, 9.17) is 10.2 Å². The number of fused-ring (bicyclic) bond motifs is 1. The second-order valence-electron chi connectivity index (χ2n) is 4.77. The van der Waals surface area contributed by atoms with Crippen molar-refractivity contribution >= 4 is 11.9 Å². The Morgan fingerprint density at radius 2 is 2.16 bits per heavy atom. The van der Waals surface area contributed by atoms with Crippen molar-refractivity contribution < 1.29 is 19.8 Å². The van der Waals surface area contributed by atoms with Gasteiger partial charge in [0.1, 0.15) is 6.61 Å². The molecule has 0 bridgehead atoms. The van der Waals surface area contributed by atoms with Crippen LogP contribution in [0.25, 0.3) is 0 Å². The summed E-state index contributed by atoms with van der Waals surface area (Å²) < 4.78 is 0. The molecule has 1 amide bonds. The fourth-order valence-corrected chi connectivity index (χ4v) is 2.54. The predicted octanol–water partition coefficient (Wildman–Crippen LogP) is 0.913. The van der Waals surface area contributed by atoms with Crippen molar-refractivity contribution in [2.24, 2.45) is 0 Å². The zero-order chi connectivity index (χ0) is 13.8. The number of hydrogen-bond donors (Lipinski definition) is 3. The molecule has 0 fully saturated rings. The minimum absolute atomic E-state index is 0.124. The molecule has 5 heteroatoms. The van der Waals surface area contributed by atoms with Gasteiger partial charge in [0.05, 0.1) is 5.56 Å². The Balaban J connectivity index is 2.19. The van der Waals surface area contributed by atoms with Gasteiger partial charge in [0.15, 0.2) is 0 Å². The van der Waals surface area contributed by atoms with Crippen LogP contribution in [0.5, 0.6) is 0 Å². The summed E-state index contributed by atoms with van der Waals surface area (Å²) >= 11 is 0. The third-order valence-corrected chi connectivity index (χ3v) is 3.52. The molecule has 2 rings (SSSR count). The largest absolute Gasteiger partial charge is 0.478 e. The number of aliphatic hydroxyl groups excluding tert-OH is 1. The summed E-state index contributed by atoms with van der Waals surface area (Å²) in [6, 6.07) is 5.18. The number of hydrogen-bond acceptors (Lipinski definition) is 3. The average Bonchev–Trinajstić information content (AvgIpc) is 2.43. The van der Waals surface area contributed by atoms with E-state index in [1.165, 1.54) is 0 Å². The minimum Gasteiger partial charge on any atom is -0.478 e. The molecule has 0 saturated heterocycles. The van der Waals surface area contributed by atoms with Crippen molar-refractivity contribution in [2.75, 3.05) is 13.2 Å². The van der Waals surface area contributed by atoms with E-state index in [9.17, 15) is 9.59 Å². The number of carboxylic acids is 1. The number of nitrogens with one attached hydrogen (secondary N) is 1. The van der Waals surface area contributed by atoms with Crippen molar-refractivity contribution in [2.45, 2.75) is 25.2 Å². The van der Waals surface area contributed by atoms with Gasteiger partial charge in [-0.1, -0.05) is 6.07 Å². The maximum absolute atomic E-state index is 11.1. The zero-order valence-corrected chi connectivity index (χ0v) is 10.6. The third-order valence-electron chi connectivity index (χ3n) is 3.52. The lowest BCUT2D eigenvalue weighted by Crippen LogP contribution is -2.31. The number of benzene rings is 1. The summed E-state index contributed by atoms with van der Waals surface area (Å²) in [5, 5.41) is 20.4. The Bertz CT molecular complexity index is 498. The van der Waals surface area contributed by atoms with Gasteiger partial charge in [0, 0.05) is 12.5 Å². The molecule has 3 N–H and O–H groups in total. The van der Waals surface area contributed by atoms with Crippen molar-refractivity contribution in [3.05, 3.63) is 34.9 Å². The Hall–Kier alpha value is -1.88. The molecule has 1 aliphatic rings. The molecular weight excluding hydrogens is 246 g/mol. The molecule has 19 heavy (non-hydrogen) atoms. The summed E-state index contributed by atoms with van der Waals surface area (Å²) in [7, 11) is 0. The molecule has 0 spiro atoms. The van der Waals surface area contributed by atoms with Crippen LogP contribution in [0.4, 0.5) is 0 Å². The highest BCUT2D eigenvalue weighted by atomic mass is 16.4. The number of aromatic carboxylic acids is 1. The van der Waals surface area contributed by atoms with Gasteiger partial charge < -0.3 is 15.5 Å². The van der Waals surface area contributed by atoms with Crippen molar-refractivity contribution in [1.82, 2.24) is 5.32 Å². The van der Waals surface area contributed by atoms with Gasteiger partial charge in [-0.15, -0.1) is 0 Å². The first kappa shape index (κ1) is 13.5. The van der Waals surface area contributed by atoms with E-state index in [0.29, 0.717) is 6.54 Å². The van der Waals surface area contributed by atoms with Crippen LogP contribution in [-0.2, 0) is 11.2 Å². The lowest BCUT2D eigenvalue weighted by atomic mass is 9.82. The molecule has 0 heterocycles. The molecule has 0 saturated carbocycles. The molecule has 0 radical (unpaired) electrons. The number of carbonyl (C=O) groups is 2. The van der Waals surface area contributed by atoms with Crippen LogP contribution in [0, 0.1) is 0 Å². The number of carbonyl (C=O) groups excluding carboxylic acids is 1. The van der Waals surface area contributed by atoms with Crippen LogP contribution in [0.1, 0.15) is 40.2 Å². The quantitative estimate of drug-likeness (QED) is 0.753. The highest BCUT2D eigenvalue weighted by molar-refractivity contribution is 5.88. The second kappa shape index (κ2) is 5.84. The molecule has 5 nitrogen and oxygen atoms in total. The molecule has 1 atom stereocenters. The molecule has 1 aromatic rings. The second-order valence-corrected chi connectivity index (χ2v) is 4.77. The first-order chi connectivity index (χ1) is 9.11. The van der Waals surface area contributed by atoms with Gasteiger partial charge in [-0.05, 0) is 42.5 Å². The van der Waals surface area contributed by atoms with Crippen LogP contribution in [0.15, 0.2) is 18.2 Å². The molecule has 0 aromatic heterocycles. The van der Waals surface area contributed by atoms with Gasteiger partial charge in [0.2, 0.25) is 5.91 Å². The number of aryl methyl sites for hydroxylation is 1. The lowest BCUT2D eigenvalue weighted by Gasteiger charge is -2.26. The van der Waals surface area contributed by atoms with Gasteiger partial charge in [-0.25, -0.2) is 4.79 Å². The number of aliphatic hydroxyl groups is 1. The van der Waals surface area contributed by atoms with E-state index in [-0.39, 0.29) is 11.5 Å². The molecule has 1 aliphatic carbocycles. The summed E-state index contributed by atoms with van der Waals surface area (Å²) in [6.45, 7) is -0.0792. The number of amides is 1. The van der Waals surface area contributed by atoms with Crippen LogP contribution in [0.2, 0.25) is 0 Å². The summed E-state index contributed by atoms with van der Waals surface area (Å²) in [4.78, 5) is 22.1. The number of carboxylic acid groups (broad SMARTS) is 1. The van der Waals surface area contributed by atoms with Gasteiger partial charge in [0.25, 0.3) is 0 Å². The standard InChI is InChI=1S/C14H17NO4/c16-8-13(17)15-7-11-3-1-2-9-4-5-10(14(18)19)6-12(9)11/h4-6,11,16H,1-3,7-8H2,(H,15,17)(H,18,19). The predicted molar refractivity (Wildman–Crippen MR) is 69.2 cm³/mol.